The molecule has 0 aromatic heterocycles. The Morgan fingerprint density at radius 2 is 1.47 bits per heavy atom. The van der Waals surface area contributed by atoms with Gasteiger partial charge < -0.3 is 29.2 Å². The van der Waals surface area contributed by atoms with Gasteiger partial charge in [-0.1, -0.05) is 23.8 Å². The average molecular weight is 605 g/mol. The number of ether oxygens (including phenoxy) is 4. The zero-order valence-corrected chi connectivity index (χ0v) is 26.7. The second-order valence-electron chi connectivity index (χ2n) is 12.7. The third kappa shape index (κ3) is 12.2. The molecule has 2 aliphatic rings. The first-order valence-corrected chi connectivity index (χ1v) is 15.6. The largest absolute Gasteiger partial charge is 0.511 e. The summed E-state index contributed by atoms with van der Waals surface area (Å²) in [5.41, 5.74) is 2.02. The highest BCUT2D eigenvalue weighted by Gasteiger charge is 2.29. The summed E-state index contributed by atoms with van der Waals surface area (Å²) < 4.78 is 22.4. The fourth-order valence-corrected chi connectivity index (χ4v) is 5.69. The lowest BCUT2D eigenvalue weighted by Gasteiger charge is -2.35. The monoisotopic (exact) mass is 604 g/mol. The summed E-state index contributed by atoms with van der Waals surface area (Å²) in [5.74, 6) is -1.62. The smallest absolute Gasteiger partial charge is 0.339 e. The highest BCUT2D eigenvalue weighted by molar-refractivity contribution is 6.16. The van der Waals surface area contributed by atoms with E-state index in [4.69, 9.17) is 18.9 Å². The molecule has 0 spiro atoms. The SMILES string of the molecule is Cc1ccc(/C(C(=O)O)=C(\O)C2CCC(OCCN3CCN(CCOCCOCC(=O)OC(C)(C)C)CC3)CC2)c(C)c1. The number of piperazine rings is 1. The van der Waals surface area contributed by atoms with Crippen LogP contribution in [0.25, 0.3) is 5.57 Å². The Labute approximate surface area is 256 Å². The van der Waals surface area contributed by atoms with Crippen molar-refractivity contribution in [1.29, 1.82) is 0 Å². The van der Waals surface area contributed by atoms with Crippen LogP contribution < -0.4 is 0 Å². The summed E-state index contributed by atoms with van der Waals surface area (Å²) in [6.07, 6.45) is 3.21. The summed E-state index contributed by atoms with van der Waals surface area (Å²) in [6, 6.07) is 5.62. The number of hydrogen-bond acceptors (Lipinski definition) is 9. The molecule has 1 heterocycles. The lowest BCUT2D eigenvalue weighted by atomic mass is 9.83. The summed E-state index contributed by atoms with van der Waals surface area (Å²) in [6.45, 7) is 17.1. The van der Waals surface area contributed by atoms with Gasteiger partial charge in [0.1, 0.15) is 23.5 Å². The van der Waals surface area contributed by atoms with Crippen molar-refractivity contribution in [2.45, 2.75) is 72.0 Å². The van der Waals surface area contributed by atoms with Crippen LogP contribution in [0.1, 0.15) is 63.1 Å². The van der Waals surface area contributed by atoms with Crippen LogP contribution in [0.4, 0.5) is 0 Å². The summed E-state index contributed by atoms with van der Waals surface area (Å²) in [5, 5.41) is 20.9. The molecule has 1 aromatic carbocycles. The Balaban J connectivity index is 1.26. The van der Waals surface area contributed by atoms with Crippen LogP contribution in [0, 0.1) is 19.8 Å². The Morgan fingerprint density at radius 3 is 2.05 bits per heavy atom. The lowest BCUT2D eigenvalue weighted by Crippen LogP contribution is -2.48. The minimum absolute atomic E-state index is 0.00676. The second kappa shape index (κ2) is 17.1. The number of benzene rings is 1. The number of carboxylic acids is 1. The van der Waals surface area contributed by atoms with Gasteiger partial charge in [-0.2, -0.15) is 0 Å². The molecule has 1 aliphatic heterocycles. The van der Waals surface area contributed by atoms with E-state index in [2.05, 4.69) is 9.80 Å². The maximum atomic E-state index is 12.1. The van der Waals surface area contributed by atoms with Crippen molar-refractivity contribution in [2.24, 2.45) is 5.92 Å². The Hall–Kier alpha value is -2.50. The number of aryl methyl sites for hydroxylation is 2. The van der Waals surface area contributed by atoms with E-state index in [1.807, 2.05) is 46.8 Å². The Bertz CT molecular complexity index is 1070. The van der Waals surface area contributed by atoms with E-state index in [1.165, 1.54) is 0 Å². The highest BCUT2D eigenvalue weighted by atomic mass is 16.6. The molecule has 242 valence electrons. The van der Waals surface area contributed by atoms with Gasteiger partial charge in [-0.15, -0.1) is 0 Å². The first-order chi connectivity index (χ1) is 20.4. The maximum absolute atomic E-state index is 12.1. The number of aliphatic hydroxyl groups is 1. The predicted molar refractivity (Wildman–Crippen MR) is 165 cm³/mol. The maximum Gasteiger partial charge on any atom is 0.339 e. The zero-order chi connectivity index (χ0) is 31.4. The number of hydrogen-bond donors (Lipinski definition) is 2. The molecule has 10 heteroatoms. The summed E-state index contributed by atoms with van der Waals surface area (Å²) in [4.78, 5) is 28.5. The number of aliphatic carboxylic acids is 1. The normalized spacial score (nSPS) is 21.0. The molecule has 1 saturated carbocycles. The first kappa shape index (κ1) is 35.0. The van der Waals surface area contributed by atoms with Crippen LogP contribution >= 0.6 is 0 Å². The minimum Gasteiger partial charge on any atom is -0.511 e. The molecule has 1 aliphatic carbocycles. The Kier molecular flexibility index (Phi) is 13.9. The van der Waals surface area contributed by atoms with Crippen molar-refractivity contribution in [3.8, 4) is 0 Å². The third-order valence-electron chi connectivity index (χ3n) is 7.97. The van der Waals surface area contributed by atoms with Gasteiger partial charge in [0.25, 0.3) is 0 Å². The van der Waals surface area contributed by atoms with Gasteiger partial charge in [-0.25, -0.2) is 9.59 Å². The number of nitrogens with zero attached hydrogens (tertiary/aromatic N) is 2. The molecular formula is C33H52N2O8. The number of carboxylic acid groups (broad SMARTS) is 1. The molecule has 0 radical (unpaired) electrons. The molecule has 0 bridgehead atoms. The summed E-state index contributed by atoms with van der Waals surface area (Å²) in [7, 11) is 0. The van der Waals surface area contributed by atoms with Crippen LogP contribution in [-0.2, 0) is 28.5 Å². The van der Waals surface area contributed by atoms with Crippen molar-refractivity contribution in [1.82, 2.24) is 9.80 Å². The van der Waals surface area contributed by atoms with Crippen molar-refractivity contribution < 1.29 is 38.7 Å². The standard InChI is InChI=1S/C33H52N2O8/c1-24-6-11-28(25(2)22-24)30(32(38)39)31(37)26-7-9-27(10-8-26)42-19-17-35-14-12-34(13-15-35)16-18-40-20-21-41-23-29(36)43-33(3,4)5/h6,11,22,26-27,37H,7-10,12-21,23H2,1-5H3,(H,38,39)/b31-30+. The van der Waals surface area contributed by atoms with Gasteiger partial charge in [-0.05, 0) is 71.4 Å². The average Bonchev–Trinajstić information content (AvgIpc) is 2.94. The number of esters is 1. The van der Waals surface area contributed by atoms with Crippen molar-refractivity contribution in [3.05, 3.63) is 40.6 Å². The predicted octanol–water partition coefficient (Wildman–Crippen LogP) is 4.23. The molecule has 2 N–H and O–H groups in total. The van der Waals surface area contributed by atoms with Gasteiger partial charge in [0, 0.05) is 45.2 Å². The van der Waals surface area contributed by atoms with Crippen molar-refractivity contribution in [3.63, 3.8) is 0 Å². The molecular weight excluding hydrogens is 552 g/mol. The molecule has 0 unspecified atom stereocenters. The lowest BCUT2D eigenvalue weighted by molar-refractivity contribution is -0.160. The molecule has 43 heavy (non-hydrogen) atoms. The van der Waals surface area contributed by atoms with Gasteiger partial charge in [0.2, 0.25) is 0 Å². The first-order valence-electron chi connectivity index (χ1n) is 15.6. The van der Waals surface area contributed by atoms with E-state index in [0.29, 0.717) is 32.0 Å². The molecule has 1 aromatic rings. The number of carbonyl (C=O) groups excluding carboxylic acids is 1. The summed E-state index contributed by atoms with van der Waals surface area (Å²) >= 11 is 0. The van der Waals surface area contributed by atoms with E-state index in [-0.39, 0.29) is 35.9 Å². The van der Waals surface area contributed by atoms with Crippen LogP contribution in [0.3, 0.4) is 0 Å². The quantitative estimate of drug-likeness (QED) is 0.130. The minimum atomic E-state index is -1.09. The van der Waals surface area contributed by atoms with Crippen LogP contribution in [0.2, 0.25) is 0 Å². The van der Waals surface area contributed by atoms with Gasteiger partial charge in [-0.3, -0.25) is 9.80 Å². The number of carbonyl (C=O) groups is 2. The van der Waals surface area contributed by atoms with E-state index < -0.39 is 11.6 Å². The third-order valence-corrected chi connectivity index (χ3v) is 7.97. The highest BCUT2D eigenvalue weighted by Crippen LogP contribution is 2.35. The topological polar surface area (TPSA) is 118 Å². The second-order valence-corrected chi connectivity index (χ2v) is 12.7. The van der Waals surface area contributed by atoms with Crippen molar-refractivity contribution >= 4 is 17.5 Å². The zero-order valence-electron chi connectivity index (χ0n) is 26.7. The van der Waals surface area contributed by atoms with Crippen LogP contribution in [-0.4, -0.2) is 116 Å². The fourth-order valence-electron chi connectivity index (χ4n) is 5.69. The van der Waals surface area contributed by atoms with Crippen LogP contribution in [0.5, 0.6) is 0 Å². The number of aliphatic hydroxyl groups excluding tert-OH is 1. The van der Waals surface area contributed by atoms with E-state index in [0.717, 1.165) is 76.1 Å². The Morgan fingerprint density at radius 1 is 0.860 bits per heavy atom. The van der Waals surface area contributed by atoms with Gasteiger partial charge >= 0.3 is 11.9 Å². The fraction of sp³-hybridized carbons (Fsp3) is 0.697. The molecule has 0 amide bonds. The van der Waals surface area contributed by atoms with Crippen molar-refractivity contribution in [2.75, 3.05) is 72.3 Å². The van der Waals surface area contributed by atoms with Crippen LogP contribution in [0.15, 0.2) is 24.0 Å². The van der Waals surface area contributed by atoms with Gasteiger partial charge in [0.15, 0.2) is 0 Å². The van der Waals surface area contributed by atoms with E-state index in [1.54, 1.807) is 6.07 Å². The molecule has 1 saturated heterocycles. The van der Waals surface area contributed by atoms with E-state index >= 15 is 0 Å². The molecule has 0 atom stereocenters. The molecule has 2 fully saturated rings. The number of rotatable bonds is 15. The molecule has 10 nitrogen and oxygen atoms in total. The van der Waals surface area contributed by atoms with E-state index in [9.17, 15) is 19.8 Å². The number of allylic oxidation sites excluding steroid dienone is 1. The van der Waals surface area contributed by atoms with Gasteiger partial charge in [0.05, 0.1) is 32.5 Å². The molecule has 3 rings (SSSR count).